The van der Waals surface area contributed by atoms with E-state index in [1.807, 2.05) is 0 Å². The molecule has 4 aliphatic carbocycles. The van der Waals surface area contributed by atoms with Crippen molar-refractivity contribution in [1.29, 1.82) is 0 Å². The Morgan fingerprint density at radius 3 is 2.00 bits per heavy atom. The van der Waals surface area contributed by atoms with E-state index >= 15 is 0 Å². The standard InChI is InChI=1S/C12H21NO/c1-10(2)11(13)4-8-3-9(5-11)7-12(10,14)6-8/h8-9,14H,3-7,13H2,1-2H3. The maximum absolute atomic E-state index is 10.7. The highest BCUT2D eigenvalue weighted by molar-refractivity contribution is 5.20. The summed E-state index contributed by atoms with van der Waals surface area (Å²) in [7, 11) is 0. The summed E-state index contributed by atoms with van der Waals surface area (Å²) in [5.74, 6) is 1.40. The molecule has 2 heteroatoms. The van der Waals surface area contributed by atoms with Crippen LogP contribution in [0.4, 0.5) is 0 Å². The van der Waals surface area contributed by atoms with Crippen LogP contribution in [0.2, 0.25) is 0 Å². The Balaban J connectivity index is 2.10. The summed E-state index contributed by atoms with van der Waals surface area (Å²) in [4.78, 5) is 0. The van der Waals surface area contributed by atoms with Crippen molar-refractivity contribution in [1.82, 2.24) is 0 Å². The van der Waals surface area contributed by atoms with Crippen LogP contribution in [0.1, 0.15) is 46.0 Å². The quantitative estimate of drug-likeness (QED) is 0.617. The fourth-order valence-corrected chi connectivity index (χ4v) is 4.59. The minimum atomic E-state index is -0.466. The number of hydrogen-bond donors (Lipinski definition) is 2. The normalized spacial score (nSPS) is 59.1. The number of aliphatic hydroxyl groups is 1. The molecule has 0 aromatic carbocycles. The van der Waals surface area contributed by atoms with Gasteiger partial charge in [0.2, 0.25) is 0 Å². The van der Waals surface area contributed by atoms with Crippen molar-refractivity contribution in [2.45, 2.75) is 57.1 Å². The Hall–Kier alpha value is -0.0800. The first-order chi connectivity index (χ1) is 6.36. The molecule has 0 spiro atoms. The Morgan fingerprint density at radius 1 is 1.07 bits per heavy atom. The maximum atomic E-state index is 10.7. The second-order valence-corrected chi connectivity index (χ2v) is 6.60. The van der Waals surface area contributed by atoms with Gasteiger partial charge in [0.05, 0.1) is 5.60 Å². The van der Waals surface area contributed by atoms with Gasteiger partial charge in [-0.2, -0.15) is 0 Å². The summed E-state index contributed by atoms with van der Waals surface area (Å²) in [6.45, 7) is 4.34. The van der Waals surface area contributed by atoms with Crippen LogP contribution in [-0.2, 0) is 0 Å². The highest BCUT2D eigenvalue weighted by atomic mass is 16.3. The van der Waals surface area contributed by atoms with E-state index in [1.165, 1.54) is 6.42 Å². The molecule has 4 fully saturated rings. The van der Waals surface area contributed by atoms with E-state index in [0.29, 0.717) is 11.8 Å². The molecule has 4 rings (SSSR count). The van der Waals surface area contributed by atoms with Crippen LogP contribution in [0, 0.1) is 17.3 Å². The summed E-state index contributed by atoms with van der Waals surface area (Å²) in [6.07, 6.45) is 5.58. The van der Waals surface area contributed by atoms with Gasteiger partial charge in [0.25, 0.3) is 0 Å². The molecule has 4 bridgehead atoms. The molecule has 2 atom stereocenters. The van der Waals surface area contributed by atoms with Crippen molar-refractivity contribution in [3.63, 3.8) is 0 Å². The van der Waals surface area contributed by atoms with Crippen LogP contribution in [0.3, 0.4) is 0 Å². The Labute approximate surface area is 85.9 Å². The zero-order chi connectivity index (χ0) is 10.2. The second-order valence-electron chi connectivity index (χ2n) is 6.60. The minimum absolute atomic E-state index is 0.0899. The summed E-state index contributed by atoms with van der Waals surface area (Å²) in [6, 6.07) is 0. The third kappa shape index (κ3) is 0.809. The van der Waals surface area contributed by atoms with Gasteiger partial charge in [-0.05, 0) is 43.9 Å². The van der Waals surface area contributed by atoms with E-state index < -0.39 is 5.60 Å². The van der Waals surface area contributed by atoms with Gasteiger partial charge in [0.15, 0.2) is 0 Å². The Kier molecular flexibility index (Phi) is 1.44. The van der Waals surface area contributed by atoms with Crippen LogP contribution in [0.25, 0.3) is 0 Å². The smallest absolute Gasteiger partial charge is 0.0721 e. The predicted molar refractivity (Wildman–Crippen MR) is 55.7 cm³/mol. The van der Waals surface area contributed by atoms with Gasteiger partial charge in [-0.1, -0.05) is 13.8 Å². The molecule has 0 amide bonds. The van der Waals surface area contributed by atoms with Crippen LogP contribution in [0.15, 0.2) is 0 Å². The van der Waals surface area contributed by atoms with Gasteiger partial charge in [0, 0.05) is 11.0 Å². The first-order valence-electron chi connectivity index (χ1n) is 5.88. The summed E-state index contributed by atoms with van der Waals surface area (Å²) < 4.78 is 0. The molecule has 0 saturated heterocycles. The Bertz CT molecular complexity index is 246. The van der Waals surface area contributed by atoms with Gasteiger partial charge in [-0.25, -0.2) is 0 Å². The fraction of sp³-hybridized carbons (Fsp3) is 1.00. The van der Waals surface area contributed by atoms with E-state index in [0.717, 1.165) is 25.7 Å². The Morgan fingerprint density at radius 2 is 1.57 bits per heavy atom. The van der Waals surface area contributed by atoms with Crippen molar-refractivity contribution >= 4 is 0 Å². The average Bonchev–Trinajstić information content (AvgIpc) is 1.98. The van der Waals surface area contributed by atoms with Crippen molar-refractivity contribution in [3.05, 3.63) is 0 Å². The van der Waals surface area contributed by atoms with Gasteiger partial charge >= 0.3 is 0 Å². The number of hydrogen-bond acceptors (Lipinski definition) is 2. The molecule has 0 heterocycles. The van der Waals surface area contributed by atoms with E-state index in [9.17, 15) is 5.11 Å². The lowest BCUT2D eigenvalue weighted by Gasteiger charge is -2.68. The molecule has 0 aromatic rings. The zero-order valence-electron chi connectivity index (χ0n) is 9.21. The molecule has 14 heavy (non-hydrogen) atoms. The monoisotopic (exact) mass is 195 g/mol. The minimum Gasteiger partial charge on any atom is -0.389 e. The van der Waals surface area contributed by atoms with E-state index in [1.54, 1.807) is 0 Å². The second kappa shape index (κ2) is 2.19. The van der Waals surface area contributed by atoms with Crippen molar-refractivity contribution in [2.24, 2.45) is 23.0 Å². The van der Waals surface area contributed by atoms with Crippen molar-refractivity contribution in [3.8, 4) is 0 Å². The van der Waals surface area contributed by atoms with Gasteiger partial charge < -0.3 is 10.8 Å². The van der Waals surface area contributed by atoms with E-state index in [2.05, 4.69) is 13.8 Å². The summed E-state index contributed by atoms with van der Waals surface area (Å²) in [5, 5.41) is 10.7. The molecular weight excluding hydrogens is 174 g/mol. The fourth-order valence-electron chi connectivity index (χ4n) is 4.59. The van der Waals surface area contributed by atoms with Crippen molar-refractivity contribution < 1.29 is 5.11 Å². The first-order valence-corrected chi connectivity index (χ1v) is 5.88. The largest absolute Gasteiger partial charge is 0.389 e. The molecule has 3 N–H and O–H groups in total. The van der Waals surface area contributed by atoms with Crippen LogP contribution in [-0.4, -0.2) is 16.2 Å². The number of rotatable bonds is 0. The topological polar surface area (TPSA) is 46.2 Å². The third-order valence-corrected chi connectivity index (χ3v) is 5.63. The lowest BCUT2D eigenvalue weighted by molar-refractivity contribution is -0.222. The van der Waals surface area contributed by atoms with Gasteiger partial charge in [-0.15, -0.1) is 0 Å². The predicted octanol–water partition coefficient (Wildman–Crippen LogP) is 1.66. The van der Waals surface area contributed by atoms with Crippen LogP contribution in [0.5, 0.6) is 0 Å². The van der Waals surface area contributed by atoms with Gasteiger partial charge in [0.1, 0.15) is 0 Å². The first kappa shape index (κ1) is 9.17. The lowest BCUT2D eigenvalue weighted by Crippen LogP contribution is -2.74. The highest BCUT2D eigenvalue weighted by Crippen LogP contribution is 2.64. The van der Waals surface area contributed by atoms with Crippen molar-refractivity contribution in [2.75, 3.05) is 0 Å². The molecule has 0 aromatic heterocycles. The lowest BCUT2D eigenvalue weighted by atomic mass is 9.41. The SMILES string of the molecule is CC1(C)C2(N)CC3CC(C2)CC1(O)C3. The highest BCUT2D eigenvalue weighted by Gasteiger charge is 2.66. The van der Waals surface area contributed by atoms with E-state index in [-0.39, 0.29) is 11.0 Å². The van der Waals surface area contributed by atoms with E-state index in [4.69, 9.17) is 5.73 Å². The third-order valence-electron chi connectivity index (χ3n) is 5.63. The zero-order valence-corrected chi connectivity index (χ0v) is 9.21. The molecule has 2 unspecified atom stereocenters. The summed E-state index contributed by atoms with van der Waals surface area (Å²) in [5.41, 5.74) is 5.88. The molecule has 80 valence electrons. The molecule has 4 saturated carbocycles. The number of nitrogens with two attached hydrogens (primary N) is 1. The van der Waals surface area contributed by atoms with Gasteiger partial charge in [-0.3, -0.25) is 0 Å². The molecule has 4 aliphatic rings. The van der Waals surface area contributed by atoms with Crippen LogP contribution >= 0.6 is 0 Å². The molecular formula is C12H21NO. The molecule has 0 aliphatic heterocycles. The van der Waals surface area contributed by atoms with Crippen LogP contribution < -0.4 is 5.73 Å². The average molecular weight is 195 g/mol. The molecule has 0 radical (unpaired) electrons. The maximum Gasteiger partial charge on any atom is 0.0721 e. The molecule has 2 nitrogen and oxygen atoms in total. The summed E-state index contributed by atoms with van der Waals surface area (Å²) >= 11 is 0.